The maximum atomic E-state index is 13.1. The lowest BCUT2D eigenvalue weighted by atomic mass is 9.98. The number of hydrogen-bond acceptors (Lipinski definition) is 5. The molecule has 0 saturated heterocycles. The average molecular weight is 370 g/mol. The number of nitrogens with zero attached hydrogens (tertiary/aromatic N) is 3. The van der Waals surface area contributed by atoms with Crippen molar-refractivity contribution in [3.63, 3.8) is 0 Å². The van der Waals surface area contributed by atoms with E-state index in [4.69, 9.17) is 5.73 Å². The predicted molar refractivity (Wildman–Crippen MR) is 99.3 cm³/mol. The summed E-state index contributed by atoms with van der Waals surface area (Å²) in [5, 5.41) is 0.888. The Morgan fingerprint density at radius 1 is 1.23 bits per heavy atom. The number of nitrogens with two attached hydrogens (primary N) is 1. The molecule has 0 atom stereocenters. The molecular weight excluding hydrogens is 352 g/mol. The monoisotopic (exact) mass is 370 g/mol. The second-order valence-electron chi connectivity index (χ2n) is 6.48. The van der Waals surface area contributed by atoms with Crippen LogP contribution in [0.2, 0.25) is 0 Å². The van der Waals surface area contributed by atoms with Crippen LogP contribution >= 0.6 is 0 Å². The normalized spacial score (nSPS) is 15.1. The Morgan fingerprint density at radius 3 is 2.81 bits per heavy atom. The highest BCUT2D eigenvalue weighted by atomic mass is 32.2. The average Bonchev–Trinajstić information content (AvgIpc) is 3.02. The second-order valence-corrected chi connectivity index (χ2v) is 8.46. The fraction of sp³-hybridized carbons (Fsp3) is 0.222. The van der Waals surface area contributed by atoms with Crippen molar-refractivity contribution < 1.29 is 13.2 Å². The molecule has 2 aromatic heterocycles. The van der Waals surface area contributed by atoms with Crippen LogP contribution in [0.25, 0.3) is 10.9 Å². The quantitative estimate of drug-likeness (QED) is 0.691. The Morgan fingerprint density at radius 2 is 2.04 bits per heavy atom. The molecule has 0 radical (unpaired) electrons. The number of sulfonamides is 1. The molecule has 0 unspecified atom stereocenters. The molecule has 0 aliphatic carbocycles. The number of benzene rings is 1. The minimum atomic E-state index is -3.27. The van der Waals surface area contributed by atoms with Gasteiger partial charge in [-0.15, -0.1) is 0 Å². The van der Waals surface area contributed by atoms with Crippen molar-refractivity contribution in [2.45, 2.75) is 13.0 Å². The first-order valence-electron chi connectivity index (χ1n) is 8.17. The molecule has 1 aromatic carbocycles. The Labute approximate surface area is 151 Å². The third-order valence-electron chi connectivity index (χ3n) is 4.74. The van der Waals surface area contributed by atoms with Gasteiger partial charge in [0.05, 0.1) is 17.3 Å². The molecule has 3 heterocycles. The van der Waals surface area contributed by atoms with E-state index in [0.29, 0.717) is 24.2 Å². The highest BCUT2D eigenvalue weighted by Gasteiger charge is 2.27. The van der Waals surface area contributed by atoms with Gasteiger partial charge in [0, 0.05) is 42.8 Å². The molecule has 26 heavy (non-hydrogen) atoms. The van der Waals surface area contributed by atoms with Crippen LogP contribution in [0.4, 0.5) is 5.69 Å². The van der Waals surface area contributed by atoms with Gasteiger partial charge in [-0.25, -0.2) is 8.42 Å². The number of nitrogen functional groups attached to an aromatic ring is 1. The number of aromatic nitrogens is 2. The van der Waals surface area contributed by atoms with Crippen molar-refractivity contribution in [2.24, 2.45) is 0 Å². The van der Waals surface area contributed by atoms with Crippen molar-refractivity contribution in [3.8, 4) is 0 Å². The molecule has 4 rings (SSSR count). The highest BCUT2D eigenvalue weighted by Crippen LogP contribution is 2.26. The molecule has 1 aliphatic rings. The molecule has 0 bridgehead atoms. The summed E-state index contributed by atoms with van der Waals surface area (Å²) in [7, 11) is -3.27. The molecule has 0 saturated carbocycles. The van der Waals surface area contributed by atoms with Crippen LogP contribution < -0.4 is 5.73 Å². The van der Waals surface area contributed by atoms with Gasteiger partial charge in [0.15, 0.2) is 0 Å². The van der Waals surface area contributed by atoms with Crippen LogP contribution in [0.5, 0.6) is 0 Å². The van der Waals surface area contributed by atoms with Crippen LogP contribution in [0, 0.1) is 0 Å². The molecule has 134 valence electrons. The molecule has 3 aromatic rings. The van der Waals surface area contributed by atoms with Crippen molar-refractivity contribution in [1.82, 2.24) is 13.9 Å². The summed E-state index contributed by atoms with van der Waals surface area (Å²) < 4.78 is 26.6. The van der Waals surface area contributed by atoms with Crippen LogP contribution in [0.3, 0.4) is 0 Å². The van der Waals surface area contributed by atoms with E-state index in [1.165, 1.54) is 10.6 Å². The number of pyridine rings is 1. The van der Waals surface area contributed by atoms with Gasteiger partial charge in [-0.2, -0.15) is 4.31 Å². The van der Waals surface area contributed by atoms with Crippen molar-refractivity contribution in [2.75, 3.05) is 18.5 Å². The number of rotatable bonds is 2. The molecule has 7 nitrogen and oxygen atoms in total. The third-order valence-corrected chi connectivity index (χ3v) is 5.99. The number of carbonyl (C=O) groups is 1. The highest BCUT2D eigenvalue weighted by molar-refractivity contribution is 7.88. The molecule has 2 N–H and O–H groups in total. The smallest absolute Gasteiger partial charge is 0.264 e. The first kappa shape index (κ1) is 16.7. The lowest BCUT2D eigenvalue weighted by Gasteiger charge is -2.27. The number of hydrogen-bond donors (Lipinski definition) is 1. The van der Waals surface area contributed by atoms with Gasteiger partial charge in [0.25, 0.3) is 5.91 Å². The first-order chi connectivity index (χ1) is 12.3. The van der Waals surface area contributed by atoms with Gasteiger partial charge in [0.2, 0.25) is 10.0 Å². The van der Waals surface area contributed by atoms with Crippen molar-refractivity contribution in [1.29, 1.82) is 0 Å². The molecule has 0 fully saturated rings. The standard InChI is InChI=1S/C18H18N4O3S/c1-26(24,25)21-6-5-15-13(11-21)9-20-10-16(15)18(23)22-7-4-12-8-14(19)2-3-17(12)22/h2-4,7-10H,5-6,11,19H2,1H3. The van der Waals surface area contributed by atoms with Crippen LogP contribution in [-0.4, -0.2) is 41.0 Å². The number of carbonyl (C=O) groups excluding carboxylic acids is 1. The van der Waals surface area contributed by atoms with E-state index in [1.807, 2.05) is 18.2 Å². The molecule has 0 amide bonds. The lowest BCUT2D eigenvalue weighted by Crippen LogP contribution is -2.36. The van der Waals surface area contributed by atoms with Gasteiger partial charge >= 0.3 is 0 Å². The second kappa shape index (κ2) is 5.93. The fourth-order valence-electron chi connectivity index (χ4n) is 3.40. The summed E-state index contributed by atoms with van der Waals surface area (Å²) in [6.45, 7) is 0.602. The van der Waals surface area contributed by atoms with Gasteiger partial charge < -0.3 is 5.73 Å². The zero-order valence-electron chi connectivity index (χ0n) is 14.2. The molecular formula is C18H18N4O3S. The minimum absolute atomic E-state index is 0.179. The topological polar surface area (TPSA) is 98.3 Å². The Bertz CT molecular complexity index is 1130. The fourth-order valence-corrected chi connectivity index (χ4v) is 4.20. The van der Waals surface area contributed by atoms with Crippen LogP contribution in [-0.2, 0) is 23.0 Å². The van der Waals surface area contributed by atoms with Crippen LogP contribution in [0.15, 0.2) is 42.9 Å². The molecule has 1 aliphatic heterocycles. The lowest BCUT2D eigenvalue weighted by molar-refractivity contribution is 0.0963. The van der Waals surface area contributed by atoms with Gasteiger partial charge in [-0.1, -0.05) is 0 Å². The van der Waals surface area contributed by atoms with Gasteiger partial charge in [-0.05, 0) is 41.8 Å². The number of anilines is 1. The Kier molecular flexibility index (Phi) is 3.82. The van der Waals surface area contributed by atoms with E-state index in [1.54, 1.807) is 29.2 Å². The van der Waals surface area contributed by atoms with E-state index in [-0.39, 0.29) is 12.5 Å². The SMILES string of the molecule is CS(=O)(=O)N1CCc2c(cncc2C(=O)n2ccc3cc(N)ccc32)C1. The summed E-state index contributed by atoms with van der Waals surface area (Å²) in [5.74, 6) is -0.179. The minimum Gasteiger partial charge on any atom is -0.399 e. The first-order valence-corrected chi connectivity index (χ1v) is 10.0. The van der Waals surface area contributed by atoms with E-state index in [9.17, 15) is 13.2 Å². The van der Waals surface area contributed by atoms with Gasteiger partial charge in [-0.3, -0.25) is 14.3 Å². The van der Waals surface area contributed by atoms with E-state index >= 15 is 0 Å². The van der Waals surface area contributed by atoms with E-state index in [2.05, 4.69) is 4.98 Å². The van der Waals surface area contributed by atoms with E-state index < -0.39 is 10.0 Å². The Hall–Kier alpha value is -2.71. The summed E-state index contributed by atoms with van der Waals surface area (Å²) in [5.41, 5.74) is 9.36. The maximum Gasteiger partial charge on any atom is 0.264 e. The summed E-state index contributed by atoms with van der Waals surface area (Å²) in [6.07, 6.45) is 6.59. The predicted octanol–water partition coefficient (Wildman–Crippen LogP) is 1.62. The van der Waals surface area contributed by atoms with Gasteiger partial charge in [0.1, 0.15) is 0 Å². The van der Waals surface area contributed by atoms with E-state index in [0.717, 1.165) is 22.0 Å². The molecule has 8 heteroatoms. The largest absolute Gasteiger partial charge is 0.399 e. The summed E-state index contributed by atoms with van der Waals surface area (Å²) in [6, 6.07) is 7.24. The summed E-state index contributed by atoms with van der Waals surface area (Å²) in [4.78, 5) is 17.3. The zero-order valence-corrected chi connectivity index (χ0v) is 15.0. The van der Waals surface area contributed by atoms with Crippen molar-refractivity contribution >= 4 is 32.5 Å². The third kappa shape index (κ3) is 2.77. The van der Waals surface area contributed by atoms with Crippen molar-refractivity contribution in [3.05, 3.63) is 59.5 Å². The maximum absolute atomic E-state index is 13.1. The summed E-state index contributed by atoms with van der Waals surface area (Å²) >= 11 is 0. The zero-order chi connectivity index (χ0) is 18.5. The molecule has 0 spiro atoms. The van der Waals surface area contributed by atoms with Crippen LogP contribution in [0.1, 0.15) is 21.5 Å². The number of fused-ring (bicyclic) bond motifs is 2. The Balaban J connectivity index is 1.76.